The largest absolute Gasteiger partial charge is 0.419 e. The molecular formula is C23H20ClN5O3S. The van der Waals surface area contributed by atoms with Gasteiger partial charge in [0.1, 0.15) is 0 Å². The van der Waals surface area contributed by atoms with Crippen molar-refractivity contribution < 1.29 is 13.6 Å². The number of hydrogen-bond acceptors (Lipinski definition) is 8. The van der Waals surface area contributed by atoms with Crippen molar-refractivity contribution in [3.8, 4) is 22.9 Å². The van der Waals surface area contributed by atoms with Crippen molar-refractivity contribution in [3.63, 3.8) is 0 Å². The monoisotopic (exact) mass is 481 g/mol. The van der Waals surface area contributed by atoms with E-state index in [4.69, 9.17) is 20.4 Å². The second-order valence-corrected chi connectivity index (χ2v) is 9.04. The standard InChI is InChI=1S/C23H20ClN5O3S/c1-14-6-2-3-7-16(14)21-27-28-23(32-21)33-13-20(30)29(15-10-11-15)12-19-25-26-22(31-19)17-8-4-5-9-18(17)24/h2-9,15H,10-13H2,1H3. The van der Waals surface area contributed by atoms with Crippen LogP contribution in [0.15, 0.2) is 62.6 Å². The van der Waals surface area contributed by atoms with E-state index in [1.165, 1.54) is 11.8 Å². The van der Waals surface area contributed by atoms with Gasteiger partial charge in [-0.2, -0.15) is 0 Å². The van der Waals surface area contributed by atoms with Crippen molar-refractivity contribution in [2.24, 2.45) is 0 Å². The van der Waals surface area contributed by atoms with E-state index in [-0.39, 0.29) is 24.2 Å². The maximum absolute atomic E-state index is 13.0. The summed E-state index contributed by atoms with van der Waals surface area (Å²) in [6.45, 7) is 2.23. The predicted octanol–water partition coefficient (Wildman–Crippen LogP) is 5.03. The van der Waals surface area contributed by atoms with Gasteiger partial charge >= 0.3 is 0 Å². The average molecular weight is 482 g/mol. The maximum Gasteiger partial charge on any atom is 0.277 e. The van der Waals surface area contributed by atoms with E-state index < -0.39 is 0 Å². The number of benzene rings is 2. The van der Waals surface area contributed by atoms with Crippen LogP contribution >= 0.6 is 23.4 Å². The van der Waals surface area contributed by atoms with E-state index in [9.17, 15) is 4.79 Å². The lowest BCUT2D eigenvalue weighted by Crippen LogP contribution is -2.34. The van der Waals surface area contributed by atoms with Gasteiger partial charge < -0.3 is 13.7 Å². The summed E-state index contributed by atoms with van der Waals surface area (Å²) in [4.78, 5) is 14.7. The van der Waals surface area contributed by atoms with E-state index in [0.717, 1.165) is 24.0 Å². The van der Waals surface area contributed by atoms with Gasteiger partial charge in [-0.25, -0.2) is 0 Å². The third-order valence-electron chi connectivity index (χ3n) is 5.29. The zero-order chi connectivity index (χ0) is 22.8. The fourth-order valence-electron chi connectivity index (χ4n) is 3.41. The Bertz CT molecular complexity index is 1290. The number of halogens is 1. The highest BCUT2D eigenvalue weighted by Crippen LogP contribution is 2.32. The quantitative estimate of drug-likeness (QED) is 0.323. The number of aromatic nitrogens is 4. The van der Waals surface area contributed by atoms with Crippen LogP contribution in [0.1, 0.15) is 24.3 Å². The molecule has 0 saturated heterocycles. The van der Waals surface area contributed by atoms with Crippen LogP contribution in [-0.2, 0) is 11.3 Å². The van der Waals surface area contributed by atoms with E-state index >= 15 is 0 Å². The highest BCUT2D eigenvalue weighted by Gasteiger charge is 2.34. The third-order valence-corrected chi connectivity index (χ3v) is 6.42. The molecule has 2 aromatic heterocycles. The Balaban J connectivity index is 1.23. The van der Waals surface area contributed by atoms with Crippen molar-refractivity contribution in [1.29, 1.82) is 0 Å². The lowest BCUT2D eigenvalue weighted by molar-refractivity contribution is -0.129. The van der Waals surface area contributed by atoms with E-state index in [0.29, 0.717) is 33.5 Å². The Labute approximate surface area is 199 Å². The average Bonchev–Trinajstić information content (AvgIpc) is 3.36. The van der Waals surface area contributed by atoms with Crippen LogP contribution in [0.5, 0.6) is 0 Å². The second kappa shape index (κ2) is 9.36. The number of rotatable bonds is 8. The number of nitrogens with zero attached hydrogens (tertiary/aromatic N) is 5. The summed E-state index contributed by atoms with van der Waals surface area (Å²) in [5.41, 5.74) is 2.59. The minimum atomic E-state index is -0.0457. The molecule has 0 bridgehead atoms. The molecule has 168 valence electrons. The minimum absolute atomic E-state index is 0.0457. The van der Waals surface area contributed by atoms with Gasteiger partial charge in [-0.05, 0) is 43.5 Å². The molecule has 1 fully saturated rings. The lowest BCUT2D eigenvalue weighted by atomic mass is 10.1. The molecule has 1 amide bonds. The van der Waals surface area contributed by atoms with Crippen LogP contribution in [0.4, 0.5) is 0 Å². The van der Waals surface area contributed by atoms with Crippen LogP contribution in [0.2, 0.25) is 5.02 Å². The summed E-state index contributed by atoms with van der Waals surface area (Å²) in [5, 5.41) is 17.3. The molecule has 0 radical (unpaired) electrons. The number of hydrogen-bond donors (Lipinski definition) is 0. The Morgan fingerprint density at radius 1 is 1.00 bits per heavy atom. The number of amides is 1. The van der Waals surface area contributed by atoms with Crippen LogP contribution in [0.25, 0.3) is 22.9 Å². The van der Waals surface area contributed by atoms with Crippen molar-refractivity contribution >= 4 is 29.3 Å². The van der Waals surface area contributed by atoms with Gasteiger partial charge in [-0.3, -0.25) is 4.79 Å². The molecule has 0 atom stereocenters. The van der Waals surface area contributed by atoms with Gasteiger partial charge in [-0.1, -0.05) is 53.7 Å². The molecule has 0 aliphatic heterocycles. The number of aryl methyl sites for hydroxylation is 1. The zero-order valence-corrected chi connectivity index (χ0v) is 19.3. The molecule has 1 saturated carbocycles. The van der Waals surface area contributed by atoms with Gasteiger partial charge in [0.15, 0.2) is 0 Å². The molecule has 1 aliphatic carbocycles. The Kier molecular flexibility index (Phi) is 6.15. The summed E-state index contributed by atoms with van der Waals surface area (Å²) in [6, 6.07) is 15.2. The fraction of sp³-hybridized carbons (Fsp3) is 0.261. The highest BCUT2D eigenvalue weighted by atomic mass is 35.5. The molecule has 4 aromatic rings. The first-order chi connectivity index (χ1) is 16.1. The van der Waals surface area contributed by atoms with Crippen LogP contribution in [0, 0.1) is 6.92 Å². The van der Waals surface area contributed by atoms with Crippen molar-refractivity contribution in [3.05, 3.63) is 65.0 Å². The summed E-state index contributed by atoms with van der Waals surface area (Å²) >= 11 is 7.44. The van der Waals surface area contributed by atoms with E-state index in [1.807, 2.05) is 49.4 Å². The van der Waals surface area contributed by atoms with Crippen LogP contribution < -0.4 is 0 Å². The van der Waals surface area contributed by atoms with E-state index in [2.05, 4.69) is 20.4 Å². The SMILES string of the molecule is Cc1ccccc1-c1nnc(SCC(=O)N(Cc2nnc(-c3ccccc3Cl)o2)C2CC2)o1. The highest BCUT2D eigenvalue weighted by molar-refractivity contribution is 7.99. The zero-order valence-electron chi connectivity index (χ0n) is 17.8. The molecule has 8 nitrogen and oxygen atoms in total. The molecule has 5 rings (SSSR count). The Morgan fingerprint density at radius 2 is 1.70 bits per heavy atom. The van der Waals surface area contributed by atoms with Gasteiger partial charge in [0.25, 0.3) is 5.22 Å². The molecule has 0 N–H and O–H groups in total. The summed E-state index contributed by atoms with van der Waals surface area (Å²) in [6.07, 6.45) is 1.92. The van der Waals surface area contributed by atoms with Crippen LogP contribution in [0.3, 0.4) is 0 Å². The van der Waals surface area contributed by atoms with E-state index in [1.54, 1.807) is 11.0 Å². The number of thioether (sulfide) groups is 1. The van der Waals surface area contributed by atoms with Crippen molar-refractivity contribution in [1.82, 2.24) is 25.3 Å². The molecule has 1 aliphatic rings. The second-order valence-electron chi connectivity index (χ2n) is 7.71. The Hall–Kier alpha value is -3.17. The smallest absolute Gasteiger partial charge is 0.277 e. The predicted molar refractivity (Wildman–Crippen MR) is 124 cm³/mol. The molecule has 0 spiro atoms. The van der Waals surface area contributed by atoms with Gasteiger partial charge in [-0.15, -0.1) is 20.4 Å². The first-order valence-corrected chi connectivity index (χ1v) is 11.8. The molecule has 2 heterocycles. The number of carbonyl (C=O) groups is 1. The van der Waals surface area contributed by atoms with Crippen molar-refractivity contribution in [2.75, 3.05) is 5.75 Å². The summed E-state index contributed by atoms with van der Waals surface area (Å²) < 4.78 is 11.5. The lowest BCUT2D eigenvalue weighted by Gasteiger charge is -2.19. The maximum atomic E-state index is 13.0. The molecule has 0 unspecified atom stereocenters. The molecule has 2 aromatic carbocycles. The van der Waals surface area contributed by atoms with Gasteiger partial charge in [0.05, 0.1) is 22.9 Å². The molecular weight excluding hydrogens is 462 g/mol. The summed E-state index contributed by atoms with van der Waals surface area (Å²) in [5.74, 6) is 1.28. The van der Waals surface area contributed by atoms with Crippen molar-refractivity contribution in [2.45, 2.75) is 37.6 Å². The third kappa shape index (κ3) is 4.94. The molecule has 33 heavy (non-hydrogen) atoms. The topological polar surface area (TPSA) is 98.2 Å². The summed E-state index contributed by atoms with van der Waals surface area (Å²) in [7, 11) is 0. The normalized spacial score (nSPS) is 13.3. The Morgan fingerprint density at radius 3 is 2.45 bits per heavy atom. The van der Waals surface area contributed by atoms with Crippen LogP contribution in [-0.4, -0.2) is 43.0 Å². The molecule has 10 heteroatoms. The minimum Gasteiger partial charge on any atom is -0.419 e. The number of carbonyl (C=O) groups excluding carboxylic acids is 1. The first-order valence-electron chi connectivity index (χ1n) is 10.5. The first kappa shape index (κ1) is 21.7. The van der Waals surface area contributed by atoms with Gasteiger partial charge in [0.2, 0.25) is 23.6 Å². The fourth-order valence-corrected chi connectivity index (χ4v) is 4.28. The van der Waals surface area contributed by atoms with Gasteiger partial charge in [0, 0.05) is 11.6 Å².